The first-order chi connectivity index (χ1) is 37.5. The molecule has 1 aromatic heterocycles. The number of rotatable bonds is 25. The summed E-state index contributed by atoms with van der Waals surface area (Å²) in [7, 11) is -3.88. The van der Waals surface area contributed by atoms with E-state index in [1.54, 1.807) is 20.5 Å². The highest BCUT2D eigenvalue weighted by Crippen LogP contribution is 2.46. The van der Waals surface area contributed by atoms with E-state index in [-0.39, 0.29) is 59.2 Å². The van der Waals surface area contributed by atoms with Crippen molar-refractivity contribution in [2.24, 2.45) is 11.8 Å². The largest absolute Gasteiger partial charge is 0.497 e. The quantitative estimate of drug-likeness (QED) is 0.0504. The number of hydrogen-bond acceptors (Lipinski definition) is 11. The average Bonchev–Trinajstić information content (AvgIpc) is 3.84. The smallest absolute Gasteiger partial charge is 0.261 e. The van der Waals surface area contributed by atoms with Crippen molar-refractivity contribution in [1.82, 2.24) is 4.98 Å². The Bertz CT molecular complexity index is 2530. The third-order valence-corrected chi connectivity index (χ3v) is 33.7. The van der Waals surface area contributed by atoms with Crippen LogP contribution >= 0.6 is 0 Å². The minimum atomic E-state index is -2.79. The van der Waals surface area contributed by atoms with Crippen molar-refractivity contribution in [2.75, 3.05) is 27.4 Å². The number of aliphatic hydroxyl groups is 1. The Morgan fingerprint density at radius 2 is 1.39 bits per heavy atom. The number of benzene rings is 3. The van der Waals surface area contributed by atoms with Gasteiger partial charge in [0.1, 0.15) is 17.7 Å². The van der Waals surface area contributed by atoms with Gasteiger partial charge in [-0.1, -0.05) is 181 Å². The number of hydrogen-bond donors (Lipinski definition) is 1. The molecule has 1 N–H and O–H groups in total. The molecule has 9 atom stereocenters. The monoisotopic (exact) mass is 1150 g/mol. The van der Waals surface area contributed by atoms with Crippen LogP contribution in [-0.4, -0.2) is 105 Å². The highest BCUT2D eigenvalue weighted by Gasteiger charge is 2.53. The molecule has 6 rings (SSSR count). The fourth-order valence-corrected chi connectivity index (χ4v) is 23.9. The molecule has 0 radical (unpaired) electrons. The molecule has 2 fully saturated rings. The van der Waals surface area contributed by atoms with Crippen LogP contribution in [0, 0.1) is 11.8 Å². The van der Waals surface area contributed by atoms with Crippen LogP contribution in [0.25, 0.3) is 6.08 Å². The van der Waals surface area contributed by atoms with Crippen molar-refractivity contribution in [3.05, 3.63) is 126 Å². The molecule has 0 spiro atoms. The van der Waals surface area contributed by atoms with E-state index in [1.165, 1.54) is 10.4 Å². The van der Waals surface area contributed by atoms with Gasteiger partial charge in [0, 0.05) is 38.4 Å². The van der Waals surface area contributed by atoms with E-state index in [4.69, 9.17) is 46.4 Å². The molecule has 2 aliphatic rings. The van der Waals surface area contributed by atoms with E-state index in [0.29, 0.717) is 60.9 Å². The van der Waals surface area contributed by atoms with Gasteiger partial charge in [-0.3, -0.25) is 0 Å². The highest BCUT2D eigenvalue weighted by atomic mass is 28.4. The molecule has 80 heavy (non-hydrogen) atoms. The van der Waals surface area contributed by atoms with Crippen molar-refractivity contribution in [2.45, 2.75) is 225 Å². The summed E-state index contributed by atoms with van der Waals surface area (Å²) in [5.74, 6) is -0.405. The molecule has 444 valence electrons. The predicted octanol–water partition coefficient (Wildman–Crippen LogP) is 14.6. The Morgan fingerprint density at radius 1 is 0.800 bits per heavy atom. The van der Waals surface area contributed by atoms with Gasteiger partial charge in [-0.2, -0.15) is 0 Å². The Balaban J connectivity index is 1.27. The molecular weight excluding hydrogens is 1050 g/mol. The second-order valence-electron chi connectivity index (χ2n) is 26.8. The van der Waals surface area contributed by atoms with Crippen LogP contribution in [0.2, 0.25) is 39.8 Å². The van der Waals surface area contributed by atoms with Crippen molar-refractivity contribution < 1.29 is 46.5 Å². The molecule has 0 unspecified atom stereocenters. The van der Waals surface area contributed by atoms with Crippen LogP contribution in [0.15, 0.2) is 113 Å². The van der Waals surface area contributed by atoms with Gasteiger partial charge in [0.25, 0.3) is 8.32 Å². The minimum absolute atomic E-state index is 0.00525. The van der Waals surface area contributed by atoms with Gasteiger partial charge >= 0.3 is 0 Å². The molecule has 4 aromatic rings. The molecule has 2 saturated heterocycles. The Kier molecular flexibility index (Phi) is 22.5. The van der Waals surface area contributed by atoms with Gasteiger partial charge in [-0.25, -0.2) is 4.98 Å². The second kappa shape index (κ2) is 27.5. The zero-order valence-corrected chi connectivity index (χ0v) is 55.7. The van der Waals surface area contributed by atoms with Crippen molar-refractivity contribution in [3.8, 4) is 5.75 Å². The maximum atomic E-state index is 12.6. The van der Waals surface area contributed by atoms with Gasteiger partial charge in [-0.15, -0.1) is 0 Å². The van der Waals surface area contributed by atoms with Crippen LogP contribution in [0.1, 0.15) is 147 Å². The van der Waals surface area contributed by atoms with Crippen LogP contribution in [-0.2, 0) is 45.3 Å². The molecule has 0 aliphatic carbocycles. The molecule has 14 heteroatoms. The number of methoxy groups -OCH3 is 2. The summed E-state index contributed by atoms with van der Waals surface area (Å²) < 4.78 is 60.6. The SMILES string of the molecule is COc1ccc(CO[C@H]2[C@@H](C)[C@@H](CCO[Si](c3ccccc3)(c3ccccc3)C(C)(C)C)O[C@@H](/C(C)=C/c3coc(C[C@]4(O)C[C@H](OC)C[C@H]([C@@H](/C=C(\C)CO[Si](C)(C)C(C)(C)C)O[Si](C(C)C)(C(C)C)C(C)C)O4)n3)[C@@H]2C)cc1. The van der Waals surface area contributed by atoms with E-state index in [0.717, 1.165) is 22.5 Å². The van der Waals surface area contributed by atoms with Crippen molar-refractivity contribution >= 4 is 41.4 Å². The lowest BCUT2D eigenvalue weighted by Gasteiger charge is -2.48. The maximum Gasteiger partial charge on any atom is 0.261 e. The summed E-state index contributed by atoms with van der Waals surface area (Å²) in [4.78, 5) is 4.99. The van der Waals surface area contributed by atoms with E-state index in [2.05, 4.69) is 203 Å². The Morgan fingerprint density at radius 3 is 1.91 bits per heavy atom. The van der Waals surface area contributed by atoms with Crippen LogP contribution in [0.5, 0.6) is 5.75 Å². The summed E-state index contributed by atoms with van der Waals surface area (Å²) in [6, 6.07) is 29.7. The van der Waals surface area contributed by atoms with Gasteiger partial charge in [0.05, 0.1) is 63.4 Å². The number of ether oxygens (including phenoxy) is 5. The predicted molar refractivity (Wildman–Crippen MR) is 333 cm³/mol. The molecule has 0 amide bonds. The maximum absolute atomic E-state index is 12.6. The fraction of sp³-hybridized carbons (Fsp3) is 0.621. The first-order valence-corrected chi connectivity index (χ1v) is 36.7. The Labute approximate surface area is 486 Å². The molecule has 3 aromatic carbocycles. The molecule has 0 saturated carbocycles. The van der Waals surface area contributed by atoms with Crippen LogP contribution < -0.4 is 15.1 Å². The van der Waals surface area contributed by atoms with Gasteiger partial charge in [-0.05, 0) is 99.8 Å². The molecular formula is C66H103NO10Si3. The normalized spacial score (nSPS) is 24.5. The average molecular weight is 1150 g/mol. The van der Waals surface area contributed by atoms with E-state index < -0.39 is 42.9 Å². The third-order valence-electron chi connectivity index (χ3n) is 18.1. The molecule has 3 heterocycles. The van der Waals surface area contributed by atoms with E-state index in [1.807, 2.05) is 18.2 Å². The fourth-order valence-electron chi connectivity index (χ4n) is 12.8. The number of oxazole rings is 1. The standard InChI is InChI=1S/C66H103NO10Si3/c1-45(2)79(46(3)4,47(5)6)77-60(37-48(7)42-74-78(19,20)64(11,12)13)59-39-55(70-18)40-66(68,76-59)41-61-67-53(44-71-61)38-49(8)62-51(10)63(72-43-52-31-33-54(69-17)34-32-52)50(9)58(75-62)35-36-73-80(65(14,15)16,56-27-23-21-24-28-56)57-29-25-22-26-30-57/h21-34,37-38,44-47,50-51,55,58-60,62-63,68H,35-36,39-43H2,1-20H3/b48-37+,49-38+/t50-,51-,55+,58+,59+,60+,62-,63-,66-/m0/s1. The number of aromatic nitrogens is 1. The van der Waals surface area contributed by atoms with E-state index >= 15 is 0 Å². The summed E-state index contributed by atoms with van der Waals surface area (Å²) in [6.07, 6.45) is 5.61. The lowest BCUT2D eigenvalue weighted by Crippen LogP contribution is -2.66. The molecule has 0 bridgehead atoms. The van der Waals surface area contributed by atoms with Gasteiger partial charge in [0.15, 0.2) is 20.0 Å². The zero-order chi connectivity index (χ0) is 59.0. The minimum Gasteiger partial charge on any atom is -0.497 e. The topological polar surface area (TPSA) is 120 Å². The van der Waals surface area contributed by atoms with Crippen molar-refractivity contribution in [1.29, 1.82) is 0 Å². The van der Waals surface area contributed by atoms with Gasteiger partial charge < -0.3 is 46.5 Å². The Hall–Kier alpha value is -3.52. The summed E-state index contributed by atoms with van der Waals surface area (Å²) in [6.45, 7) is 42.3. The first kappa shape index (κ1) is 65.6. The first-order valence-electron chi connectivity index (χ1n) is 29.7. The second-order valence-corrected chi connectivity index (χ2v) is 41.4. The number of nitrogens with zero attached hydrogens (tertiary/aromatic N) is 1. The van der Waals surface area contributed by atoms with E-state index in [9.17, 15) is 5.11 Å². The highest BCUT2D eigenvalue weighted by molar-refractivity contribution is 6.99. The molecule has 2 aliphatic heterocycles. The molecule has 11 nitrogen and oxygen atoms in total. The van der Waals surface area contributed by atoms with Crippen molar-refractivity contribution in [3.63, 3.8) is 0 Å². The third kappa shape index (κ3) is 15.4. The summed E-state index contributed by atoms with van der Waals surface area (Å²) in [5.41, 5.74) is 4.82. The lowest BCUT2D eigenvalue weighted by atomic mass is 9.79. The van der Waals surface area contributed by atoms with Crippen LogP contribution in [0.3, 0.4) is 0 Å². The summed E-state index contributed by atoms with van der Waals surface area (Å²) in [5, 5.41) is 15.0. The lowest BCUT2D eigenvalue weighted by molar-refractivity contribution is -0.285. The zero-order valence-electron chi connectivity index (χ0n) is 52.7. The summed E-state index contributed by atoms with van der Waals surface area (Å²) >= 11 is 0. The van der Waals surface area contributed by atoms with Gasteiger partial charge in [0.2, 0.25) is 8.32 Å². The van der Waals surface area contributed by atoms with Crippen LogP contribution in [0.4, 0.5) is 0 Å².